The Morgan fingerprint density at radius 3 is 2.67 bits per heavy atom. The highest BCUT2D eigenvalue weighted by atomic mass is 35.5. The van der Waals surface area contributed by atoms with Gasteiger partial charge in [-0.3, -0.25) is 0 Å². The molecule has 90 valence electrons. The van der Waals surface area contributed by atoms with E-state index in [4.69, 9.17) is 16.3 Å². The molecule has 0 atom stereocenters. The number of halogens is 1. The van der Waals surface area contributed by atoms with Gasteiger partial charge >= 0.3 is 0 Å². The fourth-order valence-corrected chi connectivity index (χ4v) is 2.20. The third-order valence-corrected chi connectivity index (χ3v) is 3.20. The zero-order chi connectivity index (χ0) is 12.4. The average Bonchev–Trinajstić information content (AvgIpc) is 2.82. The lowest BCUT2D eigenvalue weighted by molar-refractivity contribution is 0.307. The largest absolute Gasteiger partial charge is 0.489 e. The van der Waals surface area contributed by atoms with Crippen LogP contribution in [0.1, 0.15) is 5.56 Å². The van der Waals surface area contributed by atoms with E-state index in [-0.39, 0.29) is 0 Å². The summed E-state index contributed by atoms with van der Waals surface area (Å²) in [5, 5.41) is 1.84. The molecule has 0 aliphatic rings. The number of benzene rings is 2. The molecule has 0 amide bonds. The van der Waals surface area contributed by atoms with Crippen LogP contribution < -0.4 is 4.74 Å². The first-order chi connectivity index (χ1) is 8.84. The summed E-state index contributed by atoms with van der Waals surface area (Å²) in [6.07, 6.45) is 1.94. The summed E-state index contributed by atoms with van der Waals surface area (Å²) in [4.78, 5) is 3.18. The fraction of sp³-hybridized carbons (Fsp3) is 0.0667. The van der Waals surface area contributed by atoms with Crippen molar-refractivity contribution in [3.63, 3.8) is 0 Å². The highest BCUT2D eigenvalue weighted by Gasteiger charge is 2.06. The van der Waals surface area contributed by atoms with Crippen molar-refractivity contribution in [2.75, 3.05) is 0 Å². The molecule has 0 bridgehead atoms. The quantitative estimate of drug-likeness (QED) is 0.739. The Hall–Kier alpha value is -1.93. The van der Waals surface area contributed by atoms with Crippen molar-refractivity contribution in [2.45, 2.75) is 6.61 Å². The van der Waals surface area contributed by atoms with E-state index in [1.165, 1.54) is 0 Å². The molecule has 2 aromatic carbocycles. The number of nitrogens with one attached hydrogen (secondary N) is 1. The SMILES string of the molecule is Clc1cccc2c(COc3ccccc3)c[nH]c12. The molecule has 3 heteroatoms. The third-order valence-electron chi connectivity index (χ3n) is 2.89. The van der Waals surface area contributed by atoms with Crippen LogP contribution in [-0.4, -0.2) is 4.98 Å². The molecule has 0 saturated carbocycles. The topological polar surface area (TPSA) is 25.0 Å². The number of para-hydroxylation sites is 2. The van der Waals surface area contributed by atoms with Crippen LogP contribution in [0.15, 0.2) is 54.7 Å². The highest BCUT2D eigenvalue weighted by Crippen LogP contribution is 2.25. The van der Waals surface area contributed by atoms with Crippen LogP contribution in [0.25, 0.3) is 10.9 Å². The Labute approximate surface area is 110 Å². The Kier molecular flexibility index (Phi) is 2.95. The molecule has 1 heterocycles. The molecule has 0 aliphatic carbocycles. The number of hydrogen-bond acceptors (Lipinski definition) is 1. The van der Waals surface area contributed by atoms with Gasteiger partial charge < -0.3 is 9.72 Å². The maximum absolute atomic E-state index is 6.12. The molecule has 0 spiro atoms. The van der Waals surface area contributed by atoms with Crippen molar-refractivity contribution >= 4 is 22.5 Å². The molecular formula is C15H12ClNO. The van der Waals surface area contributed by atoms with Gasteiger partial charge in [-0.2, -0.15) is 0 Å². The lowest BCUT2D eigenvalue weighted by atomic mass is 10.2. The predicted octanol–water partition coefficient (Wildman–Crippen LogP) is 4.40. The second-order valence-corrected chi connectivity index (χ2v) is 4.49. The first-order valence-corrected chi connectivity index (χ1v) is 6.15. The zero-order valence-corrected chi connectivity index (χ0v) is 10.4. The maximum Gasteiger partial charge on any atom is 0.119 e. The number of fused-ring (bicyclic) bond motifs is 1. The fourth-order valence-electron chi connectivity index (χ4n) is 1.97. The summed E-state index contributed by atoms with van der Waals surface area (Å²) >= 11 is 6.12. The zero-order valence-electron chi connectivity index (χ0n) is 9.69. The van der Waals surface area contributed by atoms with Gasteiger partial charge in [-0.15, -0.1) is 0 Å². The number of aromatic amines is 1. The second kappa shape index (κ2) is 4.75. The maximum atomic E-state index is 6.12. The van der Waals surface area contributed by atoms with Crippen LogP contribution in [0.3, 0.4) is 0 Å². The molecule has 3 rings (SSSR count). The molecule has 2 nitrogen and oxygen atoms in total. The van der Waals surface area contributed by atoms with Gasteiger partial charge in [-0.1, -0.05) is 41.9 Å². The molecule has 1 N–H and O–H groups in total. The molecule has 0 saturated heterocycles. The molecule has 0 unspecified atom stereocenters. The minimum atomic E-state index is 0.532. The van der Waals surface area contributed by atoms with E-state index in [2.05, 4.69) is 4.98 Å². The lowest BCUT2D eigenvalue weighted by Gasteiger charge is -2.04. The summed E-state index contributed by atoms with van der Waals surface area (Å²) in [5.41, 5.74) is 2.07. The first kappa shape index (κ1) is 11.2. The molecule has 3 aromatic rings. The minimum absolute atomic E-state index is 0.532. The Morgan fingerprint density at radius 1 is 1.00 bits per heavy atom. The predicted molar refractivity (Wildman–Crippen MR) is 74.1 cm³/mol. The Morgan fingerprint density at radius 2 is 1.83 bits per heavy atom. The normalized spacial score (nSPS) is 10.7. The van der Waals surface area contributed by atoms with E-state index < -0.39 is 0 Å². The van der Waals surface area contributed by atoms with Crippen molar-refractivity contribution in [3.05, 3.63) is 65.3 Å². The Balaban J connectivity index is 1.85. The van der Waals surface area contributed by atoms with Crippen LogP contribution in [0, 0.1) is 0 Å². The average molecular weight is 258 g/mol. The smallest absolute Gasteiger partial charge is 0.119 e. The van der Waals surface area contributed by atoms with Gasteiger partial charge in [0.05, 0.1) is 10.5 Å². The molecule has 1 aromatic heterocycles. The van der Waals surface area contributed by atoms with E-state index in [1.807, 2.05) is 54.7 Å². The van der Waals surface area contributed by atoms with Crippen molar-refractivity contribution in [2.24, 2.45) is 0 Å². The number of rotatable bonds is 3. The number of hydrogen-bond donors (Lipinski definition) is 1. The lowest BCUT2D eigenvalue weighted by Crippen LogP contribution is -1.93. The van der Waals surface area contributed by atoms with Crippen LogP contribution in [-0.2, 0) is 6.61 Å². The Bertz CT molecular complexity index is 661. The molecular weight excluding hydrogens is 246 g/mol. The van der Waals surface area contributed by atoms with Crippen LogP contribution >= 0.6 is 11.6 Å². The third kappa shape index (κ3) is 2.07. The number of ether oxygens (including phenoxy) is 1. The van der Waals surface area contributed by atoms with Crippen LogP contribution in [0.2, 0.25) is 5.02 Å². The van der Waals surface area contributed by atoms with Gasteiger partial charge in [-0.25, -0.2) is 0 Å². The number of H-pyrrole nitrogens is 1. The molecule has 0 radical (unpaired) electrons. The summed E-state index contributed by atoms with van der Waals surface area (Å²) in [5.74, 6) is 0.869. The van der Waals surface area contributed by atoms with Gasteiger partial charge in [0.1, 0.15) is 12.4 Å². The van der Waals surface area contributed by atoms with Gasteiger partial charge in [0.15, 0.2) is 0 Å². The van der Waals surface area contributed by atoms with E-state index >= 15 is 0 Å². The van der Waals surface area contributed by atoms with Crippen molar-refractivity contribution < 1.29 is 4.74 Å². The minimum Gasteiger partial charge on any atom is -0.489 e. The first-order valence-electron chi connectivity index (χ1n) is 5.77. The summed E-state index contributed by atoms with van der Waals surface area (Å²) in [7, 11) is 0. The molecule has 0 fully saturated rings. The number of aromatic nitrogens is 1. The monoisotopic (exact) mass is 257 g/mol. The van der Waals surface area contributed by atoms with Gasteiger partial charge in [0, 0.05) is 17.1 Å². The second-order valence-electron chi connectivity index (χ2n) is 4.08. The van der Waals surface area contributed by atoms with Gasteiger partial charge in [0.25, 0.3) is 0 Å². The van der Waals surface area contributed by atoms with Gasteiger partial charge in [0.2, 0.25) is 0 Å². The van der Waals surface area contributed by atoms with Crippen molar-refractivity contribution in [1.82, 2.24) is 4.98 Å². The highest BCUT2D eigenvalue weighted by molar-refractivity contribution is 6.35. The summed E-state index contributed by atoms with van der Waals surface area (Å²) in [6, 6.07) is 15.7. The van der Waals surface area contributed by atoms with E-state index in [1.54, 1.807) is 0 Å². The van der Waals surface area contributed by atoms with E-state index in [9.17, 15) is 0 Å². The van der Waals surface area contributed by atoms with Crippen molar-refractivity contribution in [3.8, 4) is 5.75 Å². The van der Waals surface area contributed by atoms with E-state index in [0.717, 1.165) is 27.2 Å². The van der Waals surface area contributed by atoms with Crippen LogP contribution in [0.4, 0.5) is 0 Å². The molecule has 0 aliphatic heterocycles. The molecule has 18 heavy (non-hydrogen) atoms. The summed E-state index contributed by atoms with van der Waals surface area (Å²) in [6.45, 7) is 0.532. The van der Waals surface area contributed by atoms with Crippen molar-refractivity contribution in [1.29, 1.82) is 0 Å². The standard InChI is InChI=1S/C15H12ClNO/c16-14-8-4-7-13-11(9-17-15(13)14)10-18-12-5-2-1-3-6-12/h1-9,17H,10H2. The van der Waals surface area contributed by atoms with Crippen LogP contribution in [0.5, 0.6) is 5.75 Å². The van der Waals surface area contributed by atoms with E-state index in [0.29, 0.717) is 6.61 Å². The van der Waals surface area contributed by atoms with Gasteiger partial charge in [-0.05, 0) is 18.2 Å². The summed E-state index contributed by atoms with van der Waals surface area (Å²) < 4.78 is 5.74.